The zero-order valence-electron chi connectivity index (χ0n) is 10.0. The molecular formula is C12H12Cl2N2OS. The van der Waals surface area contributed by atoms with E-state index in [0.29, 0.717) is 21.5 Å². The number of rotatable bonds is 4. The van der Waals surface area contributed by atoms with Gasteiger partial charge in [0.25, 0.3) is 0 Å². The predicted molar refractivity (Wildman–Crippen MR) is 75.0 cm³/mol. The Balaban J connectivity index is 2.30. The lowest BCUT2D eigenvalue weighted by Gasteiger charge is -2.04. The second-order valence-corrected chi connectivity index (χ2v) is 5.56. The molecule has 0 unspecified atom stereocenters. The van der Waals surface area contributed by atoms with Gasteiger partial charge in [0, 0.05) is 6.54 Å². The molecule has 0 saturated carbocycles. The molecule has 18 heavy (non-hydrogen) atoms. The summed E-state index contributed by atoms with van der Waals surface area (Å²) in [4.78, 5) is 12.7. The fourth-order valence-corrected chi connectivity index (χ4v) is 3.07. The van der Waals surface area contributed by atoms with Gasteiger partial charge < -0.3 is 0 Å². The topological polar surface area (TPSA) is 34.9 Å². The first-order chi connectivity index (χ1) is 8.54. The molecule has 0 bridgehead atoms. The maximum atomic E-state index is 12.2. The molecule has 0 spiro atoms. The van der Waals surface area contributed by atoms with E-state index in [1.807, 2.05) is 13.8 Å². The van der Waals surface area contributed by atoms with Gasteiger partial charge in [-0.05, 0) is 25.3 Å². The summed E-state index contributed by atoms with van der Waals surface area (Å²) in [5, 5.41) is 7.16. The van der Waals surface area contributed by atoms with Crippen molar-refractivity contribution in [2.45, 2.75) is 26.8 Å². The van der Waals surface area contributed by atoms with Crippen LogP contribution in [0.5, 0.6) is 0 Å². The molecule has 0 N–H and O–H groups in total. The molecule has 0 atom stereocenters. The summed E-state index contributed by atoms with van der Waals surface area (Å²) in [7, 11) is 0. The van der Waals surface area contributed by atoms with Gasteiger partial charge in [-0.15, -0.1) is 11.3 Å². The van der Waals surface area contributed by atoms with Gasteiger partial charge in [0.2, 0.25) is 0 Å². The van der Waals surface area contributed by atoms with Crippen molar-refractivity contribution in [1.29, 1.82) is 0 Å². The number of hydrogen-bond acceptors (Lipinski definition) is 3. The summed E-state index contributed by atoms with van der Waals surface area (Å²) < 4.78 is 1.76. The van der Waals surface area contributed by atoms with E-state index in [1.54, 1.807) is 16.1 Å². The molecule has 2 aromatic heterocycles. The van der Waals surface area contributed by atoms with Crippen molar-refractivity contribution >= 4 is 40.3 Å². The number of Topliss-reactive ketones (excluding diaryl/α,β-unsaturated/α-hetero) is 1. The number of halogens is 2. The summed E-state index contributed by atoms with van der Waals surface area (Å²) in [6, 6.07) is 1.73. The number of aromatic nitrogens is 2. The third kappa shape index (κ3) is 2.46. The average Bonchev–Trinajstić information content (AvgIpc) is 2.87. The van der Waals surface area contributed by atoms with Crippen LogP contribution in [-0.4, -0.2) is 15.6 Å². The van der Waals surface area contributed by atoms with E-state index in [0.717, 1.165) is 11.4 Å². The van der Waals surface area contributed by atoms with Crippen LogP contribution in [0.1, 0.15) is 28.0 Å². The summed E-state index contributed by atoms with van der Waals surface area (Å²) >= 11 is 13.5. The van der Waals surface area contributed by atoms with Gasteiger partial charge in [0.1, 0.15) is 0 Å². The maximum Gasteiger partial charge on any atom is 0.180 e. The van der Waals surface area contributed by atoms with Crippen molar-refractivity contribution in [3.05, 3.63) is 37.8 Å². The van der Waals surface area contributed by atoms with E-state index in [4.69, 9.17) is 23.2 Å². The van der Waals surface area contributed by atoms with Gasteiger partial charge >= 0.3 is 0 Å². The molecule has 3 nitrogen and oxygen atoms in total. The maximum absolute atomic E-state index is 12.2. The van der Waals surface area contributed by atoms with Gasteiger partial charge in [-0.2, -0.15) is 5.10 Å². The standard InChI is InChI=1S/C12H12Cl2N2OS/c1-3-16-9(11(14)7(2)15-16)6-10(17)12-8(13)4-5-18-12/h4-5H,3,6H2,1-2H3. The predicted octanol–water partition coefficient (Wildman–Crippen LogP) is 4.01. The molecule has 0 amide bonds. The zero-order valence-corrected chi connectivity index (χ0v) is 12.4. The minimum Gasteiger partial charge on any atom is -0.293 e. The van der Waals surface area contributed by atoms with Crippen molar-refractivity contribution in [3.8, 4) is 0 Å². The summed E-state index contributed by atoms with van der Waals surface area (Å²) in [6.07, 6.45) is 0.230. The molecule has 0 aromatic carbocycles. The third-order valence-corrected chi connectivity index (χ3v) is 4.53. The van der Waals surface area contributed by atoms with Crippen molar-refractivity contribution in [2.24, 2.45) is 0 Å². The van der Waals surface area contributed by atoms with Gasteiger partial charge in [-0.3, -0.25) is 9.48 Å². The first-order valence-corrected chi connectivity index (χ1v) is 7.16. The minimum atomic E-state index is -0.0218. The number of thiophene rings is 1. The fourth-order valence-electron chi connectivity index (χ4n) is 1.76. The van der Waals surface area contributed by atoms with Gasteiger partial charge in [0.05, 0.1) is 32.7 Å². The number of aryl methyl sites for hydroxylation is 2. The molecule has 6 heteroatoms. The quantitative estimate of drug-likeness (QED) is 0.800. The first-order valence-electron chi connectivity index (χ1n) is 5.52. The second kappa shape index (κ2) is 5.43. The number of hydrogen-bond donors (Lipinski definition) is 0. The van der Waals surface area contributed by atoms with E-state index < -0.39 is 0 Å². The van der Waals surface area contributed by atoms with Gasteiger partial charge in [-0.1, -0.05) is 23.2 Å². The average molecular weight is 303 g/mol. The van der Waals surface area contributed by atoms with E-state index in [2.05, 4.69) is 5.10 Å². The highest BCUT2D eigenvalue weighted by Crippen LogP contribution is 2.26. The molecule has 0 fully saturated rings. The Morgan fingerprint density at radius 3 is 2.78 bits per heavy atom. The van der Waals surface area contributed by atoms with Crippen molar-refractivity contribution in [1.82, 2.24) is 9.78 Å². The lowest BCUT2D eigenvalue weighted by atomic mass is 10.2. The van der Waals surface area contributed by atoms with Crippen LogP contribution in [0.3, 0.4) is 0 Å². The smallest absolute Gasteiger partial charge is 0.180 e. The fraction of sp³-hybridized carbons (Fsp3) is 0.333. The zero-order chi connectivity index (χ0) is 13.3. The summed E-state index contributed by atoms with van der Waals surface area (Å²) in [5.74, 6) is -0.0218. The van der Waals surface area contributed by atoms with Crippen LogP contribution in [0.2, 0.25) is 10.0 Å². The molecule has 96 valence electrons. The van der Waals surface area contributed by atoms with Gasteiger partial charge in [0.15, 0.2) is 5.78 Å². The van der Waals surface area contributed by atoms with Crippen LogP contribution in [0.4, 0.5) is 0 Å². The normalized spacial score (nSPS) is 10.9. The molecule has 0 radical (unpaired) electrons. The van der Waals surface area contributed by atoms with Crippen LogP contribution in [0.25, 0.3) is 0 Å². The summed E-state index contributed by atoms with van der Waals surface area (Å²) in [6.45, 7) is 4.49. The lowest BCUT2D eigenvalue weighted by molar-refractivity contribution is 0.0994. The van der Waals surface area contributed by atoms with Crippen LogP contribution < -0.4 is 0 Å². The van der Waals surface area contributed by atoms with Crippen LogP contribution in [0.15, 0.2) is 11.4 Å². The summed E-state index contributed by atoms with van der Waals surface area (Å²) in [5.41, 5.74) is 1.50. The number of carbonyl (C=O) groups excluding carboxylic acids is 1. The lowest BCUT2D eigenvalue weighted by Crippen LogP contribution is -2.09. The van der Waals surface area contributed by atoms with Crippen molar-refractivity contribution in [2.75, 3.05) is 0 Å². The Bertz CT molecular complexity index is 589. The Hall–Kier alpha value is -0.840. The Kier molecular flexibility index (Phi) is 4.10. The number of carbonyl (C=O) groups is 1. The number of ketones is 1. The molecule has 2 rings (SSSR count). The van der Waals surface area contributed by atoms with Crippen molar-refractivity contribution < 1.29 is 4.79 Å². The molecule has 0 aliphatic heterocycles. The first kappa shape index (κ1) is 13.6. The molecule has 2 heterocycles. The van der Waals surface area contributed by atoms with Crippen LogP contribution in [-0.2, 0) is 13.0 Å². The highest BCUT2D eigenvalue weighted by Gasteiger charge is 2.19. The highest BCUT2D eigenvalue weighted by atomic mass is 35.5. The van der Waals surface area contributed by atoms with Gasteiger partial charge in [-0.25, -0.2) is 0 Å². The molecule has 0 aliphatic carbocycles. The van der Waals surface area contributed by atoms with Crippen LogP contribution in [0, 0.1) is 6.92 Å². The molecular weight excluding hydrogens is 291 g/mol. The largest absolute Gasteiger partial charge is 0.293 e. The molecule has 0 aliphatic rings. The molecule has 2 aromatic rings. The Labute approximate surface area is 119 Å². The van der Waals surface area contributed by atoms with Crippen molar-refractivity contribution in [3.63, 3.8) is 0 Å². The highest BCUT2D eigenvalue weighted by molar-refractivity contribution is 7.12. The second-order valence-electron chi connectivity index (χ2n) is 3.86. The Morgan fingerprint density at radius 2 is 2.22 bits per heavy atom. The monoisotopic (exact) mass is 302 g/mol. The Morgan fingerprint density at radius 1 is 1.50 bits per heavy atom. The van der Waals surface area contributed by atoms with E-state index >= 15 is 0 Å². The SMILES string of the molecule is CCn1nc(C)c(Cl)c1CC(=O)c1sccc1Cl. The van der Waals surface area contributed by atoms with E-state index in [9.17, 15) is 4.79 Å². The van der Waals surface area contributed by atoms with E-state index in [-0.39, 0.29) is 12.2 Å². The van der Waals surface area contributed by atoms with Crippen LogP contribution >= 0.6 is 34.5 Å². The third-order valence-electron chi connectivity index (χ3n) is 2.65. The molecule has 0 saturated heterocycles. The van der Waals surface area contributed by atoms with E-state index in [1.165, 1.54) is 11.3 Å². The number of nitrogens with zero attached hydrogens (tertiary/aromatic N) is 2. The minimum absolute atomic E-state index is 0.0218.